The SMILES string of the molecule is CCOC(=O)c1cc(C)cc(OC2=C([N+](=O)[O-])C(C(CC3=CCC(=S(=O)=O)C=C3)C(=O)O)=NC(Oc3cc(C#N)ccc3Oc3ccccc3)N2N)c1. The number of carbonyl (C=O) groups is 2. The summed E-state index contributed by atoms with van der Waals surface area (Å²) in [6, 6.07) is 19.0. The molecular weight excluding hydrogens is 710 g/mol. The van der Waals surface area contributed by atoms with Gasteiger partial charge in [-0.2, -0.15) is 13.7 Å². The first-order chi connectivity index (χ1) is 25.4. The number of nitriles is 1. The predicted molar refractivity (Wildman–Crippen MR) is 189 cm³/mol. The second-order valence-corrected chi connectivity index (χ2v) is 12.4. The Labute approximate surface area is 303 Å². The summed E-state index contributed by atoms with van der Waals surface area (Å²) in [7, 11) is -2.50. The number of esters is 1. The van der Waals surface area contributed by atoms with Crippen LogP contribution in [0, 0.1) is 34.3 Å². The molecule has 272 valence electrons. The highest BCUT2D eigenvalue weighted by Crippen LogP contribution is 2.36. The number of carbonyl (C=O) groups excluding carboxylic acids is 1. The number of aliphatic carboxylic acids is 1. The molecule has 3 aromatic carbocycles. The summed E-state index contributed by atoms with van der Waals surface area (Å²) in [5.74, 6) is 2.18. The van der Waals surface area contributed by atoms with Gasteiger partial charge in [0.25, 0.3) is 12.2 Å². The molecule has 2 atom stereocenters. The van der Waals surface area contributed by atoms with E-state index in [0.29, 0.717) is 21.9 Å². The third-order valence-electron chi connectivity index (χ3n) is 7.73. The van der Waals surface area contributed by atoms with Crippen molar-refractivity contribution in [1.29, 1.82) is 5.26 Å². The van der Waals surface area contributed by atoms with Crippen LogP contribution in [0.25, 0.3) is 0 Å². The average Bonchev–Trinajstić information content (AvgIpc) is 3.13. The molecule has 1 aliphatic heterocycles. The monoisotopic (exact) mass is 741 g/mol. The van der Waals surface area contributed by atoms with Gasteiger partial charge in [-0.15, -0.1) is 0 Å². The quantitative estimate of drug-likeness (QED) is 0.0796. The summed E-state index contributed by atoms with van der Waals surface area (Å²) >= 11 is 0. The van der Waals surface area contributed by atoms with Crippen LogP contribution in [-0.2, 0) is 19.8 Å². The van der Waals surface area contributed by atoms with Crippen LogP contribution < -0.4 is 20.1 Å². The van der Waals surface area contributed by atoms with Crippen LogP contribution in [0.4, 0.5) is 0 Å². The molecule has 1 aliphatic carbocycles. The van der Waals surface area contributed by atoms with Crippen molar-refractivity contribution in [1.82, 2.24) is 5.01 Å². The van der Waals surface area contributed by atoms with Crippen molar-refractivity contribution in [2.45, 2.75) is 33.0 Å². The Morgan fingerprint density at radius 1 is 1.09 bits per heavy atom. The maximum absolute atomic E-state index is 12.9. The number of nitrogens with two attached hydrogens (primary N) is 1. The van der Waals surface area contributed by atoms with Crippen molar-refractivity contribution >= 4 is 32.8 Å². The van der Waals surface area contributed by atoms with Crippen molar-refractivity contribution in [3.8, 4) is 29.1 Å². The molecule has 2 unspecified atom stereocenters. The van der Waals surface area contributed by atoms with E-state index in [1.807, 2.05) is 6.07 Å². The maximum atomic E-state index is 12.9. The van der Waals surface area contributed by atoms with Crippen molar-refractivity contribution in [2.75, 3.05) is 6.61 Å². The summed E-state index contributed by atoms with van der Waals surface area (Å²) in [5, 5.41) is 33.6. The molecule has 0 fully saturated rings. The summed E-state index contributed by atoms with van der Waals surface area (Å²) in [6.45, 7) is 3.34. The third kappa shape index (κ3) is 8.94. The first kappa shape index (κ1) is 37.5. The number of allylic oxidation sites excluding steroid dienone is 5. The minimum absolute atomic E-state index is 0.0229. The number of para-hydroxylation sites is 1. The first-order valence-electron chi connectivity index (χ1n) is 15.8. The number of benzene rings is 3. The summed E-state index contributed by atoms with van der Waals surface area (Å²) < 4.78 is 46.1. The van der Waals surface area contributed by atoms with Gasteiger partial charge in [0, 0.05) is 12.5 Å². The molecule has 0 saturated carbocycles. The molecule has 0 radical (unpaired) electrons. The van der Waals surface area contributed by atoms with Gasteiger partial charge < -0.3 is 24.1 Å². The maximum Gasteiger partial charge on any atom is 0.352 e. The number of ether oxygens (including phenoxy) is 4. The number of nitro groups is 1. The number of carboxylic acid groups (broad SMARTS) is 1. The number of aliphatic imine (C=N–C) groups is 1. The zero-order chi connectivity index (χ0) is 38.2. The number of rotatable bonds is 13. The molecule has 0 spiro atoms. The van der Waals surface area contributed by atoms with Crippen LogP contribution >= 0.6 is 0 Å². The van der Waals surface area contributed by atoms with Crippen LogP contribution in [0.3, 0.4) is 0 Å². The van der Waals surface area contributed by atoms with E-state index >= 15 is 0 Å². The molecule has 16 nitrogen and oxygen atoms in total. The van der Waals surface area contributed by atoms with E-state index < -0.39 is 56.7 Å². The Balaban J connectivity index is 1.65. The van der Waals surface area contributed by atoms with Crippen molar-refractivity contribution in [2.24, 2.45) is 16.8 Å². The van der Waals surface area contributed by atoms with Gasteiger partial charge in [-0.3, -0.25) is 14.9 Å². The Kier molecular flexibility index (Phi) is 11.7. The largest absolute Gasteiger partial charge is 0.481 e. The lowest BCUT2D eigenvalue weighted by atomic mass is 9.90. The van der Waals surface area contributed by atoms with Crippen LogP contribution in [0.1, 0.15) is 41.3 Å². The minimum Gasteiger partial charge on any atom is -0.481 e. The van der Waals surface area contributed by atoms with Crippen molar-refractivity contribution in [3.05, 3.63) is 129 Å². The molecule has 3 N–H and O–H groups in total. The molecule has 0 bridgehead atoms. The Morgan fingerprint density at radius 2 is 1.85 bits per heavy atom. The molecule has 0 amide bonds. The molecule has 5 rings (SSSR count). The van der Waals surface area contributed by atoms with Gasteiger partial charge in [-0.05, 0) is 74.4 Å². The molecule has 0 aromatic heterocycles. The highest BCUT2D eigenvalue weighted by atomic mass is 32.2. The molecule has 2 aliphatic rings. The lowest BCUT2D eigenvalue weighted by Crippen LogP contribution is -2.50. The summed E-state index contributed by atoms with van der Waals surface area (Å²) in [6.07, 6.45) is 2.08. The van der Waals surface area contributed by atoms with E-state index in [1.165, 1.54) is 54.6 Å². The van der Waals surface area contributed by atoms with Gasteiger partial charge in [-0.1, -0.05) is 35.9 Å². The Bertz CT molecular complexity index is 2270. The van der Waals surface area contributed by atoms with E-state index in [4.69, 9.17) is 24.8 Å². The standard InChI is InChI=1S/C36H31N5O11S/c1-3-49-35(44)24-15-21(2)16-26(19-24)51-33-32(41(45)46)31(28(34(42)43)17-22-9-12-27(13-10-22)53(47)48)39-36(40(33)38)52-30-18-23(20-37)11-14-29(30)50-25-7-5-4-6-8-25/h4-12,14-16,18-19,28,36H,3,13,17,38H2,1-2H3,(H,42,43). The van der Waals surface area contributed by atoms with Gasteiger partial charge >= 0.3 is 17.6 Å². The molecule has 1 heterocycles. The fourth-order valence-electron chi connectivity index (χ4n) is 5.30. The number of nitrogens with zero attached hydrogens (tertiary/aromatic N) is 4. The van der Waals surface area contributed by atoms with Crippen molar-refractivity contribution < 1.29 is 47.0 Å². The Hall–Kier alpha value is -6.77. The predicted octanol–water partition coefficient (Wildman–Crippen LogP) is 4.68. The van der Waals surface area contributed by atoms with Gasteiger partial charge in [-0.25, -0.2) is 20.6 Å². The average molecular weight is 742 g/mol. The molecule has 0 saturated heterocycles. The fraction of sp³-hybridized carbons (Fsp3) is 0.194. The second-order valence-electron chi connectivity index (χ2n) is 11.4. The first-order valence-corrected chi connectivity index (χ1v) is 16.9. The minimum atomic E-state index is -2.50. The van der Waals surface area contributed by atoms with E-state index in [9.17, 15) is 38.5 Å². The molecule has 53 heavy (non-hydrogen) atoms. The zero-order valence-electron chi connectivity index (χ0n) is 28.2. The third-order valence-corrected chi connectivity index (χ3v) is 8.46. The topological polar surface area (TPSA) is 234 Å². The molecule has 3 aromatic rings. The number of carboxylic acids is 1. The van der Waals surface area contributed by atoms with E-state index in [0.717, 1.165) is 0 Å². The zero-order valence-corrected chi connectivity index (χ0v) is 29.0. The van der Waals surface area contributed by atoms with Crippen molar-refractivity contribution in [3.63, 3.8) is 0 Å². The van der Waals surface area contributed by atoms with E-state index in [2.05, 4.69) is 4.99 Å². The summed E-state index contributed by atoms with van der Waals surface area (Å²) in [5.41, 5.74) is -0.426. The van der Waals surface area contributed by atoms with Crippen LogP contribution in [0.5, 0.6) is 23.0 Å². The smallest absolute Gasteiger partial charge is 0.352 e. The number of aryl methyl sites for hydroxylation is 1. The van der Waals surface area contributed by atoms with Gasteiger partial charge in [0.15, 0.2) is 11.5 Å². The number of hydrogen-bond donors (Lipinski definition) is 2. The fourth-order valence-corrected chi connectivity index (χ4v) is 5.70. The number of hydrogen-bond acceptors (Lipinski definition) is 14. The van der Waals surface area contributed by atoms with Crippen LogP contribution in [-0.4, -0.2) is 58.9 Å². The lowest BCUT2D eigenvalue weighted by molar-refractivity contribution is -0.420. The normalized spacial score (nSPS) is 15.8. The molecule has 17 heteroatoms. The summed E-state index contributed by atoms with van der Waals surface area (Å²) in [4.78, 5) is 41.8. The van der Waals surface area contributed by atoms with Gasteiger partial charge in [0.1, 0.15) is 23.1 Å². The van der Waals surface area contributed by atoms with Gasteiger partial charge in [0.2, 0.25) is 10.3 Å². The lowest BCUT2D eigenvalue weighted by Gasteiger charge is -2.32. The van der Waals surface area contributed by atoms with Crippen LogP contribution in [0.15, 0.2) is 107 Å². The highest BCUT2D eigenvalue weighted by molar-refractivity contribution is 7.73. The number of hydrazine groups is 1. The van der Waals surface area contributed by atoms with Crippen LogP contribution in [0.2, 0.25) is 0 Å². The highest BCUT2D eigenvalue weighted by Gasteiger charge is 2.45. The van der Waals surface area contributed by atoms with Gasteiger partial charge in [0.05, 0.1) is 33.6 Å². The Morgan fingerprint density at radius 3 is 2.47 bits per heavy atom. The second kappa shape index (κ2) is 16.5. The van der Waals surface area contributed by atoms with E-state index in [-0.39, 0.29) is 52.7 Å². The van der Waals surface area contributed by atoms with E-state index in [1.54, 1.807) is 44.2 Å². The molecular formula is C36H31N5O11S.